The molecule has 0 bridgehead atoms. The van der Waals surface area contributed by atoms with Crippen LogP contribution in [0.3, 0.4) is 0 Å². The molecule has 4 rings (SSSR count). The van der Waals surface area contributed by atoms with Gasteiger partial charge in [-0.05, 0) is 128 Å². The summed E-state index contributed by atoms with van der Waals surface area (Å²) in [5.74, 6) is 0.576. The summed E-state index contributed by atoms with van der Waals surface area (Å²) in [4.78, 5) is 26.0. The van der Waals surface area contributed by atoms with Crippen LogP contribution >= 0.6 is 0 Å². The van der Waals surface area contributed by atoms with Gasteiger partial charge in [0.25, 0.3) is 0 Å². The zero-order valence-electron chi connectivity index (χ0n) is 51.7. The van der Waals surface area contributed by atoms with Crippen molar-refractivity contribution in [2.45, 2.75) is 317 Å². The van der Waals surface area contributed by atoms with Crippen molar-refractivity contribution in [1.29, 1.82) is 0 Å². The number of ketones is 2. The lowest BCUT2D eigenvalue weighted by atomic mass is 9.90. The van der Waals surface area contributed by atoms with E-state index in [0.717, 1.165) is 103 Å². The first-order valence-corrected chi connectivity index (χ1v) is 33.6. The SMILES string of the molecule is C=CCCC1OC1CC(=C)CCC1OC1CCCC/C=C/CC/C=C/CC(C)/C=C/CC(C)CCCCCCC(=O)CCCC(CC(O)CC(=O)CC(O)CCC(O)[C@H]1C[C@@H](O)[C@@H](OS(=O)(=O)O)[C@H](CC(C)O)O1)O[C@@H]1O[C@H](CO)[C@@H](O)[C@H](O)[C@H]1O. The number of aliphatic hydroxyl groups is 9. The van der Waals surface area contributed by atoms with E-state index < -0.39 is 121 Å². The molecule has 20 atom stereocenters. The van der Waals surface area contributed by atoms with E-state index in [9.17, 15) is 64.0 Å². The minimum absolute atomic E-state index is 0.0601. The molecule has 21 heteroatoms. The molecule has 4 aliphatic heterocycles. The predicted molar refractivity (Wildman–Crippen MR) is 326 cm³/mol. The van der Waals surface area contributed by atoms with Gasteiger partial charge in [0.05, 0.1) is 79.9 Å². The van der Waals surface area contributed by atoms with Crippen molar-refractivity contribution >= 4 is 22.0 Å². The number of hydrogen-bond acceptors (Lipinski definition) is 19. The Morgan fingerprint density at radius 2 is 1.31 bits per heavy atom. The summed E-state index contributed by atoms with van der Waals surface area (Å²) in [7, 11) is -4.99. The Morgan fingerprint density at radius 3 is 2.03 bits per heavy atom. The molecule has 0 aromatic rings. The molecular formula is C65H110O20S. The van der Waals surface area contributed by atoms with Crippen LogP contribution in [0.25, 0.3) is 0 Å². The fourth-order valence-electron chi connectivity index (χ4n) is 11.6. The molecule has 20 nitrogen and oxygen atoms in total. The minimum Gasteiger partial charge on any atom is -0.394 e. The van der Waals surface area contributed by atoms with E-state index in [1.54, 1.807) is 0 Å². The third kappa shape index (κ3) is 31.4. The smallest absolute Gasteiger partial charge is 0.394 e. The van der Waals surface area contributed by atoms with Gasteiger partial charge in [-0.3, -0.25) is 14.1 Å². The number of epoxide rings is 2. The van der Waals surface area contributed by atoms with Crippen LogP contribution in [0.4, 0.5) is 0 Å². The lowest BCUT2D eigenvalue weighted by molar-refractivity contribution is -0.313. The van der Waals surface area contributed by atoms with Crippen LogP contribution in [0.2, 0.25) is 0 Å². The molecule has 496 valence electrons. The summed E-state index contributed by atoms with van der Waals surface area (Å²) in [6.45, 7) is 13.3. The van der Waals surface area contributed by atoms with E-state index in [-0.39, 0.29) is 50.7 Å². The Hall–Kier alpha value is -2.65. The molecule has 0 aromatic carbocycles. The molecule has 4 aliphatic rings. The largest absolute Gasteiger partial charge is 0.397 e. The van der Waals surface area contributed by atoms with Crippen molar-refractivity contribution in [2.75, 3.05) is 6.61 Å². The van der Waals surface area contributed by atoms with Crippen LogP contribution in [-0.2, 0) is 47.9 Å². The van der Waals surface area contributed by atoms with E-state index in [1.165, 1.54) is 25.3 Å². The highest BCUT2D eigenvalue weighted by Crippen LogP contribution is 2.36. The lowest BCUT2D eigenvalue weighted by Crippen LogP contribution is -2.59. The highest BCUT2D eigenvalue weighted by Gasteiger charge is 2.46. The van der Waals surface area contributed by atoms with Crippen molar-refractivity contribution in [3.8, 4) is 0 Å². The molecule has 0 amide bonds. The van der Waals surface area contributed by atoms with Gasteiger partial charge in [-0.25, -0.2) is 4.18 Å². The molecule has 11 unspecified atom stereocenters. The number of unbranched alkanes of at least 4 members (excludes halogenated alkanes) is 6. The van der Waals surface area contributed by atoms with Crippen molar-refractivity contribution in [2.24, 2.45) is 11.8 Å². The van der Waals surface area contributed by atoms with Crippen molar-refractivity contribution in [3.63, 3.8) is 0 Å². The molecule has 4 saturated heterocycles. The second kappa shape index (κ2) is 41.0. The van der Waals surface area contributed by atoms with Crippen LogP contribution in [0.15, 0.2) is 61.3 Å². The van der Waals surface area contributed by atoms with E-state index in [0.29, 0.717) is 49.1 Å². The molecule has 10 N–H and O–H groups in total. The second-order valence-electron chi connectivity index (χ2n) is 25.1. The van der Waals surface area contributed by atoms with Gasteiger partial charge in [-0.2, -0.15) is 8.42 Å². The maximum Gasteiger partial charge on any atom is 0.397 e. The number of ether oxygens (including phenoxy) is 5. The minimum atomic E-state index is -4.99. The van der Waals surface area contributed by atoms with Gasteiger partial charge >= 0.3 is 10.4 Å². The van der Waals surface area contributed by atoms with E-state index >= 15 is 0 Å². The second-order valence-corrected chi connectivity index (χ2v) is 26.2. The maximum absolute atomic E-state index is 13.0. The molecular weight excluding hydrogens is 1130 g/mol. The number of hydrogen-bond donors (Lipinski definition) is 10. The first kappa shape index (κ1) is 75.8. The van der Waals surface area contributed by atoms with Gasteiger partial charge in [-0.15, -0.1) is 6.58 Å². The fraction of sp³-hybridized carbons (Fsp3) is 0.815. The summed E-state index contributed by atoms with van der Waals surface area (Å²) in [6, 6.07) is 0. The van der Waals surface area contributed by atoms with Gasteiger partial charge in [0, 0.05) is 44.9 Å². The van der Waals surface area contributed by atoms with Crippen molar-refractivity contribution in [3.05, 3.63) is 61.3 Å². The van der Waals surface area contributed by atoms with E-state index in [2.05, 4.69) is 67.6 Å². The van der Waals surface area contributed by atoms with Gasteiger partial charge in [0.2, 0.25) is 0 Å². The number of carbonyl (C=O) groups is 2. The Balaban J connectivity index is 1.04. The Labute approximate surface area is 513 Å². The summed E-state index contributed by atoms with van der Waals surface area (Å²) < 4.78 is 65.4. The average Bonchev–Trinajstić information content (AvgIpc) is 2.65. The lowest BCUT2D eigenvalue weighted by Gasteiger charge is -2.41. The summed E-state index contributed by atoms with van der Waals surface area (Å²) in [6.07, 6.45) is 16.9. The Kier molecular flexibility index (Phi) is 36.1. The normalized spacial score (nSPS) is 29.4. The molecule has 0 spiro atoms. The van der Waals surface area contributed by atoms with Crippen LogP contribution in [0.5, 0.6) is 0 Å². The summed E-state index contributed by atoms with van der Waals surface area (Å²) in [5.41, 5.74) is 1.29. The average molecular weight is 1240 g/mol. The summed E-state index contributed by atoms with van der Waals surface area (Å²) >= 11 is 0. The highest BCUT2D eigenvalue weighted by molar-refractivity contribution is 7.80. The van der Waals surface area contributed by atoms with Gasteiger partial charge in [0.1, 0.15) is 42.1 Å². The molecule has 4 fully saturated rings. The monoisotopic (exact) mass is 1240 g/mol. The van der Waals surface area contributed by atoms with Crippen LogP contribution in [0.1, 0.15) is 207 Å². The number of carbonyl (C=O) groups excluding carboxylic acids is 2. The molecule has 0 aliphatic carbocycles. The van der Waals surface area contributed by atoms with Gasteiger partial charge in [0.15, 0.2) is 6.29 Å². The highest BCUT2D eigenvalue weighted by atomic mass is 32.3. The number of rotatable bonds is 49. The summed E-state index contributed by atoms with van der Waals surface area (Å²) in [5, 5.41) is 94.1. The van der Waals surface area contributed by atoms with E-state index in [1.807, 2.05) is 6.08 Å². The quantitative estimate of drug-likeness (QED) is 0.0121. The molecule has 4 heterocycles. The van der Waals surface area contributed by atoms with Crippen molar-refractivity contribution < 1.29 is 96.4 Å². The number of aliphatic hydroxyl groups excluding tert-OH is 9. The number of allylic oxidation sites excluding steroid dienone is 7. The van der Waals surface area contributed by atoms with Crippen LogP contribution < -0.4 is 0 Å². The standard InChI is InChI=1S/C65H110O20S/c1-6-7-30-55-58(82-55)36-45(4)32-35-56-54(81-56)31-20-14-12-10-8-9-11-13-17-23-43(2)25-21-26-44(3)24-18-15-16-19-27-47(68)28-22-29-51(80-65-63(76)62(75)61(74)60(42-66)84-65)40-50(71)39-49(70)38-48(69)33-34-52(72)57-41-53(73)64(85-86(77,78)79)59(83-57)37-46(5)67/h6,8,10,13,17,21,25,43-44,46,48,50-67,69,71-76H,1,4,7,9,11-12,14-16,18-20,22-24,26-42H2,2-3,5H3,(H,77,78,79)/b10-8+,17-13+,25-21+/t43?,44?,46?,48?,50?,51?,52?,53-,54?,55?,56?,57-,58?,59+,60-,61-,62+,63-,64-,65-/m1/s1. The fourth-order valence-corrected chi connectivity index (χ4v) is 12.1. The topological polar surface area (TPSA) is 333 Å². The maximum atomic E-state index is 13.0. The first-order chi connectivity index (χ1) is 41.0. The zero-order chi connectivity index (χ0) is 63.2. The predicted octanol–water partition coefficient (Wildman–Crippen LogP) is 7.62. The van der Waals surface area contributed by atoms with Gasteiger partial charge in [-0.1, -0.05) is 101 Å². The molecule has 86 heavy (non-hydrogen) atoms. The number of Topliss-reactive ketones (excluding diaryl/α,β-unsaturated/α-hetero) is 2. The van der Waals surface area contributed by atoms with Crippen molar-refractivity contribution in [1.82, 2.24) is 0 Å². The third-order valence-electron chi connectivity index (χ3n) is 16.9. The van der Waals surface area contributed by atoms with Crippen LogP contribution in [-0.4, -0.2) is 187 Å². The molecule has 0 aromatic heterocycles. The van der Waals surface area contributed by atoms with Crippen LogP contribution in [0, 0.1) is 11.8 Å². The molecule has 0 radical (unpaired) electrons. The zero-order valence-corrected chi connectivity index (χ0v) is 52.5. The van der Waals surface area contributed by atoms with E-state index in [4.69, 9.17) is 28.2 Å². The Bertz CT molecular complexity index is 2140. The molecule has 0 saturated carbocycles. The Morgan fingerprint density at radius 1 is 0.640 bits per heavy atom. The third-order valence-corrected chi connectivity index (χ3v) is 17.3. The first-order valence-electron chi connectivity index (χ1n) is 32.2. The van der Waals surface area contributed by atoms with Gasteiger partial charge < -0.3 is 69.6 Å².